The molecule has 7 heteroatoms. The predicted octanol–water partition coefficient (Wildman–Crippen LogP) is 1.31. The SMILES string of the molecule is C=C(NNC(=O)CNC(=O)c1ccc(OC)cc1)c1ccco1. The van der Waals surface area contributed by atoms with E-state index >= 15 is 0 Å². The minimum absolute atomic E-state index is 0.177. The zero-order valence-electron chi connectivity index (χ0n) is 12.6. The third kappa shape index (κ3) is 4.63. The van der Waals surface area contributed by atoms with Gasteiger partial charge in [0.1, 0.15) is 5.75 Å². The summed E-state index contributed by atoms with van der Waals surface area (Å²) in [5.41, 5.74) is 5.86. The molecule has 2 aromatic rings. The lowest BCUT2D eigenvalue weighted by molar-refractivity contribution is -0.120. The quantitative estimate of drug-likeness (QED) is 0.670. The van der Waals surface area contributed by atoms with Crippen molar-refractivity contribution in [2.75, 3.05) is 13.7 Å². The third-order valence-electron chi connectivity index (χ3n) is 2.93. The summed E-state index contributed by atoms with van der Waals surface area (Å²) in [7, 11) is 1.54. The smallest absolute Gasteiger partial charge is 0.257 e. The Labute approximate surface area is 133 Å². The zero-order valence-corrected chi connectivity index (χ0v) is 12.6. The molecule has 2 rings (SSSR count). The molecular formula is C16H17N3O4. The Bertz CT molecular complexity index is 678. The highest BCUT2D eigenvalue weighted by Gasteiger charge is 2.09. The highest BCUT2D eigenvalue weighted by atomic mass is 16.5. The van der Waals surface area contributed by atoms with Gasteiger partial charge in [0, 0.05) is 5.56 Å². The van der Waals surface area contributed by atoms with Gasteiger partial charge in [0.15, 0.2) is 5.76 Å². The van der Waals surface area contributed by atoms with Gasteiger partial charge in [-0.2, -0.15) is 0 Å². The highest BCUT2D eigenvalue weighted by Crippen LogP contribution is 2.11. The van der Waals surface area contributed by atoms with E-state index in [0.717, 1.165) is 0 Å². The molecule has 0 saturated carbocycles. The van der Waals surface area contributed by atoms with E-state index in [-0.39, 0.29) is 12.5 Å². The average Bonchev–Trinajstić information content (AvgIpc) is 3.12. The topological polar surface area (TPSA) is 92.6 Å². The number of ether oxygens (including phenoxy) is 1. The molecule has 0 spiro atoms. The number of hydrazine groups is 1. The van der Waals surface area contributed by atoms with Crippen molar-refractivity contribution in [1.29, 1.82) is 0 Å². The summed E-state index contributed by atoms with van der Waals surface area (Å²) >= 11 is 0. The van der Waals surface area contributed by atoms with Gasteiger partial charge in [-0.25, -0.2) is 0 Å². The molecular weight excluding hydrogens is 298 g/mol. The minimum Gasteiger partial charge on any atom is -0.497 e. The van der Waals surface area contributed by atoms with Crippen LogP contribution in [0.1, 0.15) is 16.1 Å². The van der Waals surface area contributed by atoms with Crippen molar-refractivity contribution in [2.24, 2.45) is 0 Å². The maximum Gasteiger partial charge on any atom is 0.257 e. The average molecular weight is 315 g/mol. The number of nitrogens with one attached hydrogen (secondary N) is 3. The Hall–Kier alpha value is -3.22. The molecule has 120 valence electrons. The molecule has 2 amide bonds. The molecule has 1 aromatic carbocycles. The summed E-state index contributed by atoms with van der Waals surface area (Å²) in [5.74, 6) is 0.389. The monoisotopic (exact) mass is 315 g/mol. The van der Waals surface area contributed by atoms with Crippen molar-refractivity contribution in [1.82, 2.24) is 16.2 Å². The fraction of sp³-hybridized carbons (Fsp3) is 0.125. The second-order valence-corrected chi connectivity index (χ2v) is 4.54. The fourth-order valence-electron chi connectivity index (χ4n) is 1.71. The summed E-state index contributed by atoms with van der Waals surface area (Å²) < 4.78 is 10.1. The minimum atomic E-state index is -0.417. The number of amides is 2. The van der Waals surface area contributed by atoms with Crippen LogP contribution in [0.5, 0.6) is 5.75 Å². The van der Waals surface area contributed by atoms with Crippen molar-refractivity contribution in [3.8, 4) is 5.75 Å². The van der Waals surface area contributed by atoms with Crippen LogP contribution in [0.2, 0.25) is 0 Å². The van der Waals surface area contributed by atoms with E-state index < -0.39 is 5.91 Å². The standard InChI is InChI=1S/C16H17N3O4/c1-11(14-4-3-9-23-14)18-19-15(20)10-17-16(21)12-5-7-13(22-2)8-6-12/h3-9,18H,1,10H2,2H3,(H,17,21)(H,19,20). The van der Waals surface area contributed by atoms with E-state index in [0.29, 0.717) is 22.8 Å². The first kappa shape index (κ1) is 16.2. The lowest BCUT2D eigenvalue weighted by Crippen LogP contribution is -2.42. The molecule has 0 fully saturated rings. The van der Waals surface area contributed by atoms with Crippen molar-refractivity contribution in [3.05, 3.63) is 60.6 Å². The number of hydrogen-bond acceptors (Lipinski definition) is 5. The summed E-state index contributed by atoms with van der Waals surface area (Å²) in [6, 6.07) is 9.98. The van der Waals surface area contributed by atoms with Crippen LogP contribution in [0.4, 0.5) is 0 Å². The fourth-order valence-corrected chi connectivity index (χ4v) is 1.71. The van der Waals surface area contributed by atoms with Crippen LogP contribution in [0.15, 0.2) is 53.7 Å². The molecule has 0 radical (unpaired) electrons. The van der Waals surface area contributed by atoms with E-state index in [1.807, 2.05) is 0 Å². The molecule has 3 N–H and O–H groups in total. The van der Waals surface area contributed by atoms with Gasteiger partial charge < -0.3 is 14.5 Å². The van der Waals surface area contributed by atoms with Gasteiger partial charge >= 0.3 is 0 Å². The molecule has 1 heterocycles. The lowest BCUT2D eigenvalue weighted by atomic mass is 10.2. The summed E-state index contributed by atoms with van der Waals surface area (Å²) in [5, 5.41) is 2.51. The zero-order chi connectivity index (χ0) is 16.7. The highest BCUT2D eigenvalue weighted by molar-refractivity contribution is 5.96. The van der Waals surface area contributed by atoms with Crippen molar-refractivity contribution < 1.29 is 18.7 Å². The van der Waals surface area contributed by atoms with Gasteiger partial charge in [0.2, 0.25) is 0 Å². The van der Waals surface area contributed by atoms with Crippen LogP contribution in [0, 0.1) is 0 Å². The predicted molar refractivity (Wildman–Crippen MR) is 84.3 cm³/mol. The van der Waals surface area contributed by atoms with Crippen LogP contribution >= 0.6 is 0 Å². The van der Waals surface area contributed by atoms with E-state index in [2.05, 4.69) is 22.7 Å². The van der Waals surface area contributed by atoms with Crippen LogP contribution in [0.3, 0.4) is 0 Å². The maximum atomic E-state index is 11.9. The van der Waals surface area contributed by atoms with Crippen LogP contribution in [0.25, 0.3) is 5.70 Å². The number of rotatable bonds is 7. The largest absolute Gasteiger partial charge is 0.497 e. The molecule has 0 saturated heterocycles. The molecule has 7 nitrogen and oxygen atoms in total. The number of furan rings is 1. The Balaban J connectivity index is 1.75. The second-order valence-electron chi connectivity index (χ2n) is 4.54. The Morgan fingerprint density at radius 3 is 2.52 bits per heavy atom. The van der Waals surface area contributed by atoms with Gasteiger partial charge in [-0.05, 0) is 36.4 Å². The first-order chi connectivity index (χ1) is 11.1. The first-order valence-electron chi connectivity index (χ1n) is 6.80. The maximum absolute atomic E-state index is 11.9. The van der Waals surface area contributed by atoms with Gasteiger partial charge in [-0.1, -0.05) is 6.58 Å². The Morgan fingerprint density at radius 1 is 1.17 bits per heavy atom. The van der Waals surface area contributed by atoms with Gasteiger partial charge in [-0.3, -0.25) is 20.4 Å². The molecule has 0 atom stereocenters. The van der Waals surface area contributed by atoms with Gasteiger partial charge in [-0.15, -0.1) is 0 Å². The van der Waals surface area contributed by atoms with Gasteiger partial charge in [0.25, 0.3) is 11.8 Å². The number of carbonyl (C=O) groups is 2. The van der Waals surface area contributed by atoms with Crippen molar-refractivity contribution in [2.45, 2.75) is 0 Å². The Kier molecular flexibility index (Phi) is 5.40. The second kappa shape index (κ2) is 7.69. The molecule has 23 heavy (non-hydrogen) atoms. The molecule has 0 aliphatic carbocycles. The van der Waals surface area contributed by atoms with Gasteiger partial charge in [0.05, 0.1) is 25.6 Å². The molecule has 0 aliphatic rings. The summed E-state index contributed by atoms with van der Waals surface area (Å²) in [6.45, 7) is 3.53. The number of benzene rings is 1. The van der Waals surface area contributed by atoms with Crippen molar-refractivity contribution >= 4 is 17.5 Å². The van der Waals surface area contributed by atoms with Crippen LogP contribution < -0.4 is 20.9 Å². The summed E-state index contributed by atoms with van der Waals surface area (Å²) in [6.07, 6.45) is 1.50. The van der Waals surface area contributed by atoms with E-state index in [1.54, 1.807) is 43.5 Å². The Morgan fingerprint density at radius 2 is 1.91 bits per heavy atom. The number of carbonyl (C=O) groups excluding carboxylic acids is 2. The molecule has 0 bridgehead atoms. The lowest BCUT2D eigenvalue weighted by Gasteiger charge is -2.10. The molecule has 0 aliphatic heterocycles. The van der Waals surface area contributed by atoms with E-state index in [1.165, 1.54) is 6.26 Å². The summed E-state index contributed by atoms with van der Waals surface area (Å²) in [4.78, 5) is 23.6. The first-order valence-corrected chi connectivity index (χ1v) is 6.80. The van der Waals surface area contributed by atoms with E-state index in [9.17, 15) is 9.59 Å². The number of hydrogen-bond donors (Lipinski definition) is 3. The van der Waals surface area contributed by atoms with Crippen LogP contribution in [-0.4, -0.2) is 25.5 Å². The van der Waals surface area contributed by atoms with Crippen LogP contribution in [-0.2, 0) is 4.79 Å². The van der Waals surface area contributed by atoms with Crippen molar-refractivity contribution in [3.63, 3.8) is 0 Å². The number of methoxy groups -OCH3 is 1. The third-order valence-corrected chi connectivity index (χ3v) is 2.93. The van der Waals surface area contributed by atoms with E-state index in [4.69, 9.17) is 9.15 Å². The molecule has 0 unspecified atom stereocenters. The molecule has 1 aromatic heterocycles. The normalized spacial score (nSPS) is 9.78.